The Bertz CT molecular complexity index is 1570. The molecule has 0 fully saturated rings. The minimum Gasteiger partial charge on any atom is -0.462 e. The maximum Gasteiger partial charge on any atom is 0.306 e. The van der Waals surface area contributed by atoms with Gasteiger partial charge >= 0.3 is 17.9 Å². The van der Waals surface area contributed by atoms with Gasteiger partial charge in [0.25, 0.3) is 0 Å². The molecule has 1 atom stereocenters. The van der Waals surface area contributed by atoms with Crippen LogP contribution in [0, 0.1) is 0 Å². The van der Waals surface area contributed by atoms with E-state index in [1.54, 1.807) is 0 Å². The first-order valence-electron chi connectivity index (χ1n) is 36.1. The normalized spacial score (nSPS) is 12.6. The fourth-order valence-electron chi connectivity index (χ4n) is 10.5. The van der Waals surface area contributed by atoms with Gasteiger partial charge in [-0.1, -0.05) is 350 Å². The molecule has 0 aromatic rings. The van der Waals surface area contributed by atoms with Crippen LogP contribution in [0.2, 0.25) is 0 Å². The molecule has 0 aliphatic rings. The molecular formula is C77H136O6. The summed E-state index contributed by atoms with van der Waals surface area (Å²) in [5.41, 5.74) is 0. The number of ether oxygens (including phenoxy) is 3. The highest BCUT2D eigenvalue weighted by atomic mass is 16.6. The molecule has 0 spiro atoms. The molecule has 480 valence electrons. The number of carbonyl (C=O) groups is 3. The second-order valence-electron chi connectivity index (χ2n) is 24.1. The van der Waals surface area contributed by atoms with Crippen LogP contribution in [0.15, 0.2) is 85.1 Å². The topological polar surface area (TPSA) is 78.9 Å². The summed E-state index contributed by atoms with van der Waals surface area (Å²) in [6, 6.07) is 0. The van der Waals surface area contributed by atoms with E-state index >= 15 is 0 Å². The van der Waals surface area contributed by atoms with Crippen LogP contribution >= 0.6 is 0 Å². The van der Waals surface area contributed by atoms with Crippen LogP contribution < -0.4 is 0 Å². The molecule has 1 unspecified atom stereocenters. The van der Waals surface area contributed by atoms with Gasteiger partial charge in [0.15, 0.2) is 6.10 Å². The Hall–Kier alpha value is -3.41. The molecule has 0 aromatic carbocycles. The third-order valence-corrected chi connectivity index (χ3v) is 15.9. The summed E-state index contributed by atoms with van der Waals surface area (Å²) in [5, 5.41) is 0. The lowest BCUT2D eigenvalue weighted by molar-refractivity contribution is -0.166. The number of allylic oxidation sites excluding steroid dienone is 14. The summed E-state index contributed by atoms with van der Waals surface area (Å²) in [7, 11) is 0. The van der Waals surface area contributed by atoms with Crippen molar-refractivity contribution in [1.29, 1.82) is 0 Å². The quantitative estimate of drug-likeness (QED) is 0.0261. The van der Waals surface area contributed by atoms with Crippen LogP contribution in [0.4, 0.5) is 0 Å². The number of hydrogen-bond donors (Lipinski definition) is 0. The number of esters is 3. The largest absolute Gasteiger partial charge is 0.462 e. The summed E-state index contributed by atoms with van der Waals surface area (Å²) < 4.78 is 16.9. The summed E-state index contributed by atoms with van der Waals surface area (Å²) in [6.45, 7) is 6.50. The Balaban J connectivity index is 4.25. The molecule has 0 saturated heterocycles. The van der Waals surface area contributed by atoms with Gasteiger partial charge < -0.3 is 14.2 Å². The van der Waals surface area contributed by atoms with Crippen molar-refractivity contribution in [3.8, 4) is 0 Å². The molecule has 0 aliphatic heterocycles. The lowest BCUT2D eigenvalue weighted by Crippen LogP contribution is -2.30. The molecule has 0 amide bonds. The molecule has 0 rings (SSSR count). The zero-order chi connectivity index (χ0) is 59.9. The SMILES string of the molecule is CC/C=C\C/C=C\C/C=C\C/C=C\CCC(=O)OCC(COC(=O)CCCCCCCCCCCCCCCC/C=C\C/C=C\C/C=C\CCCCCCC)OC(=O)CCCCCCCCCCCCCCCCCCCCCCCCC. The second-order valence-corrected chi connectivity index (χ2v) is 24.1. The molecule has 0 saturated carbocycles. The predicted molar refractivity (Wildman–Crippen MR) is 362 cm³/mol. The predicted octanol–water partition coefficient (Wildman–Crippen LogP) is 25.0. The molecule has 6 nitrogen and oxygen atoms in total. The fourth-order valence-corrected chi connectivity index (χ4v) is 10.5. The minimum atomic E-state index is -0.805. The van der Waals surface area contributed by atoms with E-state index in [-0.39, 0.29) is 37.5 Å². The zero-order valence-corrected chi connectivity index (χ0v) is 55.2. The summed E-state index contributed by atoms with van der Waals surface area (Å²) in [5.74, 6) is -0.961. The van der Waals surface area contributed by atoms with Crippen LogP contribution in [-0.4, -0.2) is 37.2 Å². The third kappa shape index (κ3) is 69.3. The van der Waals surface area contributed by atoms with Crippen LogP contribution in [0.3, 0.4) is 0 Å². The van der Waals surface area contributed by atoms with Crippen LogP contribution in [0.5, 0.6) is 0 Å². The van der Waals surface area contributed by atoms with Crippen molar-refractivity contribution in [1.82, 2.24) is 0 Å². The van der Waals surface area contributed by atoms with E-state index < -0.39 is 6.10 Å². The van der Waals surface area contributed by atoms with E-state index in [1.165, 1.54) is 244 Å². The molecular weight excluding hydrogens is 1020 g/mol. The van der Waals surface area contributed by atoms with Gasteiger partial charge in [-0.2, -0.15) is 0 Å². The lowest BCUT2D eigenvalue weighted by atomic mass is 10.0. The Kier molecular flexibility index (Phi) is 68.2. The van der Waals surface area contributed by atoms with Gasteiger partial charge in [-0.05, 0) is 83.5 Å². The molecule has 6 heteroatoms. The number of unbranched alkanes of at least 4 members (excludes halogenated alkanes) is 41. The van der Waals surface area contributed by atoms with E-state index in [1.807, 2.05) is 6.08 Å². The monoisotopic (exact) mass is 1160 g/mol. The standard InChI is InChI=1S/C77H136O6/c1-4-7-10-13-16-19-22-25-27-29-31-33-35-36-37-38-39-40-42-43-45-47-49-52-55-58-61-64-67-70-76(79)82-73-74(72-81-75(78)69-66-63-60-57-54-51-24-21-18-15-12-9-6-3)83-77(80)71-68-65-62-59-56-53-50-48-46-44-41-34-32-30-28-26-23-20-17-14-11-8-5-2/h9,12,18,21-22,25,29,31,35-36,51,54,60,63,74H,4-8,10-11,13-17,19-20,23-24,26-28,30,32-34,37-50,52-53,55-59,61-62,64-73H2,1-3H3/b12-9-,21-18-,25-22-,31-29-,36-35-,54-51-,63-60-. The average Bonchev–Trinajstić information content (AvgIpc) is 3.49. The molecule has 0 N–H and O–H groups in total. The number of hydrogen-bond acceptors (Lipinski definition) is 6. The van der Waals surface area contributed by atoms with Crippen molar-refractivity contribution in [3.05, 3.63) is 85.1 Å². The first-order valence-corrected chi connectivity index (χ1v) is 36.1. The Morgan fingerprint density at radius 1 is 0.253 bits per heavy atom. The van der Waals surface area contributed by atoms with E-state index in [0.29, 0.717) is 19.3 Å². The van der Waals surface area contributed by atoms with Crippen LogP contribution in [0.1, 0.15) is 367 Å². The van der Waals surface area contributed by atoms with Crippen molar-refractivity contribution >= 4 is 17.9 Å². The van der Waals surface area contributed by atoms with Gasteiger partial charge in [-0.25, -0.2) is 0 Å². The Labute approximate surface area is 515 Å². The average molecular weight is 1160 g/mol. The molecule has 0 aromatic heterocycles. The van der Waals surface area contributed by atoms with Gasteiger partial charge in [-0.15, -0.1) is 0 Å². The zero-order valence-electron chi connectivity index (χ0n) is 55.2. The highest BCUT2D eigenvalue weighted by molar-refractivity contribution is 5.71. The van der Waals surface area contributed by atoms with Gasteiger partial charge in [0.05, 0.1) is 0 Å². The van der Waals surface area contributed by atoms with Gasteiger partial charge in [0, 0.05) is 19.3 Å². The van der Waals surface area contributed by atoms with Crippen molar-refractivity contribution < 1.29 is 28.6 Å². The van der Waals surface area contributed by atoms with E-state index in [9.17, 15) is 14.4 Å². The third-order valence-electron chi connectivity index (χ3n) is 15.9. The van der Waals surface area contributed by atoms with E-state index in [4.69, 9.17) is 14.2 Å². The van der Waals surface area contributed by atoms with E-state index in [2.05, 4.69) is 99.8 Å². The molecule has 0 heterocycles. The molecule has 83 heavy (non-hydrogen) atoms. The van der Waals surface area contributed by atoms with Crippen molar-refractivity contribution in [2.24, 2.45) is 0 Å². The molecule has 0 radical (unpaired) electrons. The first-order chi connectivity index (χ1) is 41.0. The Morgan fingerprint density at radius 3 is 0.807 bits per heavy atom. The van der Waals surface area contributed by atoms with Crippen molar-refractivity contribution in [2.45, 2.75) is 374 Å². The molecule has 0 aliphatic carbocycles. The molecule has 0 bridgehead atoms. The van der Waals surface area contributed by atoms with Gasteiger partial charge in [-0.3, -0.25) is 14.4 Å². The van der Waals surface area contributed by atoms with E-state index in [0.717, 1.165) is 77.0 Å². The minimum absolute atomic E-state index is 0.0952. The maximum atomic E-state index is 13.0. The summed E-state index contributed by atoms with van der Waals surface area (Å²) in [6.07, 6.45) is 95.0. The maximum absolute atomic E-state index is 13.0. The van der Waals surface area contributed by atoms with Crippen molar-refractivity contribution in [2.75, 3.05) is 13.2 Å². The van der Waals surface area contributed by atoms with Gasteiger partial charge in [0.1, 0.15) is 13.2 Å². The summed E-state index contributed by atoms with van der Waals surface area (Å²) >= 11 is 0. The second kappa shape index (κ2) is 71.1. The van der Waals surface area contributed by atoms with Crippen molar-refractivity contribution in [3.63, 3.8) is 0 Å². The van der Waals surface area contributed by atoms with Crippen LogP contribution in [0.25, 0.3) is 0 Å². The smallest absolute Gasteiger partial charge is 0.306 e. The highest BCUT2D eigenvalue weighted by Crippen LogP contribution is 2.18. The van der Waals surface area contributed by atoms with Gasteiger partial charge in [0.2, 0.25) is 0 Å². The highest BCUT2D eigenvalue weighted by Gasteiger charge is 2.19. The van der Waals surface area contributed by atoms with Crippen LogP contribution in [-0.2, 0) is 28.6 Å². The first kappa shape index (κ1) is 79.6. The fraction of sp³-hybridized carbons (Fsp3) is 0.779. The Morgan fingerprint density at radius 2 is 0.494 bits per heavy atom. The number of carbonyl (C=O) groups excluding carboxylic acids is 3. The summed E-state index contributed by atoms with van der Waals surface area (Å²) in [4.78, 5) is 38.4. The number of rotatable bonds is 66. The lowest BCUT2D eigenvalue weighted by Gasteiger charge is -2.18.